The van der Waals surface area contributed by atoms with Gasteiger partial charge < -0.3 is 25.4 Å². The lowest BCUT2D eigenvalue weighted by Gasteiger charge is -2.32. The average Bonchev–Trinajstić information content (AvgIpc) is 3.28. The number of carbonyl (C=O) groups is 1. The fourth-order valence-electron chi connectivity index (χ4n) is 3.84. The van der Waals surface area contributed by atoms with E-state index in [1.54, 1.807) is 6.20 Å². The third-order valence-electron chi connectivity index (χ3n) is 5.60. The number of carboxylic acid groups (broad SMARTS) is 1. The third kappa shape index (κ3) is 5.12. The van der Waals surface area contributed by atoms with Crippen LogP contribution in [0, 0.1) is 5.92 Å². The Morgan fingerprint density at radius 2 is 2.00 bits per heavy atom. The first kappa shape index (κ1) is 20.7. The molecule has 0 radical (unpaired) electrons. The average molecular weight is 432 g/mol. The molecule has 3 heterocycles. The van der Waals surface area contributed by atoms with Gasteiger partial charge in [0.15, 0.2) is 5.82 Å². The second kappa shape index (κ2) is 9.49. The number of rotatable bonds is 7. The second-order valence-corrected chi connectivity index (χ2v) is 8.08. The molecular formula is C21H26ClN5O3. The largest absolute Gasteiger partial charge is 0.481 e. The number of aromatic nitrogens is 2. The molecule has 0 aliphatic carbocycles. The lowest BCUT2D eigenvalue weighted by atomic mass is 9.97. The Kier molecular flexibility index (Phi) is 6.54. The Bertz CT molecular complexity index is 865. The summed E-state index contributed by atoms with van der Waals surface area (Å²) in [4.78, 5) is 22.1. The monoisotopic (exact) mass is 431 g/mol. The number of nitrogens with zero attached hydrogens (tertiary/aromatic N) is 3. The van der Waals surface area contributed by atoms with Crippen molar-refractivity contribution in [2.24, 2.45) is 5.92 Å². The van der Waals surface area contributed by atoms with Gasteiger partial charge in [-0.05, 0) is 49.9 Å². The van der Waals surface area contributed by atoms with Crippen molar-refractivity contribution in [3.05, 3.63) is 35.5 Å². The first-order valence-corrected chi connectivity index (χ1v) is 10.7. The van der Waals surface area contributed by atoms with E-state index >= 15 is 0 Å². The molecule has 9 heteroatoms. The van der Waals surface area contributed by atoms with Gasteiger partial charge >= 0.3 is 5.97 Å². The quantitative estimate of drug-likeness (QED) is 0.609. The third-order valence-corrected chi connectivity index (χ3v) is 5.87. The maximum atomic E-state index is 11.1. The number of benzene rings is 1. The molecule has 2 saturated heterocycles. The Morgan fingerprint density at radius 3 is 2.67 bits per heavy atom. The summed E-state index contributed by atoms with van der Waals surface area (Å²) in [5, 5.41) is 16.1. The molecule has 0 bridgehead atoms. The number of piperidine rings is 1. The molecule has 0 unspecified atom stereocenters. The molecule has 0 saturated carbocycles. The number of hydrogen-bond acceptors (Lipinski definition) is 7. The van der Waals surface area contributed by atoms with Crippen LogP contribution in [0.15, 0.2) is 30.5 Å². The number of hydrogen-bond donors (Lipinski definition) is 3. The Balaban J connectivity index is 1.35. The number of carboxylic acids is 1. The predicted octanol–water partition coefficient (Wildman–Crippen LogP) is 3.77. The molecule has 30 heavy (non-hydrogen) atoms. The van der Waals surface area contributed by atoms with Crippen LogP contribution >= 0.6 is 11.6 Å². The molecule has 2 fully saturated rings. The van der Waals surface area contributed by atoms with Crippen molar-refractivity contribution in [1.82, 2.24) is 9.97 Å². The van der Waals surface area contributed by atoms with Gasteiger partial charge in [0.25, 0.3) is 0 Å². The van der Waals surface area contributed by atoms with Crippen molar-refractivity contribution >= 4 is 40.7 Å². The van der Waals surface area contributed by atoms with E-state index in [0.29, 0.717) is 36.2 Å². The fourth-order valence-corrected chi connectivity index (χ4v) is 3.99. The minimum Gasteiger partial charge on any atom is -0.481 e. The van der Waals surface area contributed by atoms with E-state index in [-0.39, 0.29) is 12.0 Å². The van der Waals surface area contributed by atoms with Gasteiger partial charge in [-0.2, -0.15) is 4.98 Å². The Morgan fingerprint density at radius 1 is 1.23 bits per heavy atom. The van der Waals surface area contributed by atoms with Crippen LogP contribution < -0.4 is 15.5 Å². The topological polar surface area (TPSA) is 99.6 Å². The van der Waals surface area contributed by atoms with Crippen molar-refractivity contribution in [2.45, 2.75) is 31.8 Å². The van der Waals surface area contributed by atoms with Crippen molar-refractivity contribution in [2.75, 3.05) is 41.8 Å². The normalized spacial score (nSPS) is 19.6. The molecule has 2 aliphatic heterocycles. The highest BCUT2D eigenvalue weighted by atomic mass is 35.5. The molecule has 8 nitrogen and oxygen atoms in total. The zero-order chi connectivity index (χ0) is 20.9. The van der Waals surface area contributed by atoms with Gasteiger partial charge in [0, 0.05) is 37.6 Å². The molecule has 4 rings (SSSR count). The fraction of sp³-hybridized carbons (Fsp3) is 0.476. The van der Waals surface area contributed by atoms with Gasteiger partial charge in [0.05, 0.1) is 18.2 Å². The summed E-state index contributed by atoms with van der Waals surface area (Å²) in [6, 6.07) is 7.98. The van der Waals surface area contributed by atoms with Gasteiger partial charge in [-0.15, -0.1) is 0 Å². The molecule has 3 N–H and O–H groups in total. The predicted molar refractivity (Wildman–Crippen MR) is 117 cm³/mol. The molecule has 1 atom stereocenters. The zero-order valence-electron chi connectivity index (χ0n) is 16.7. The molecule has 0 spiro atoms. The van der Waals surface area contributed by atoms with E-state index in [4.69, 9.17) is 21.4 Å². The summed E-state index contributed by atoms with van der Waals surface area (Å²) < 4.78 is 5.62. The standard InChI is InChI=1S/C21H26ClN5O3/c22-18-13-24-21(26-19(18)23-12-17-2-1-11-30-17)25-15-3-5-16(6-4-15)27-9-7-14(8-10-27)20(28)29/h3-6,13-14,17H,1-2,7-12H2,(H,28,29)(H2,23,24,25,26)/t17-/m1/s1. The molecule has 0 amide bonds. The van der Waals surface area contributed by atoms with Crippen LogP contribution in [0.25, 0.3) is 0 Å². The highest BCUT2D eigenvalue weighted by Gasteiger charge is 2.24. The molecular weight excluding hydrogens is 406 g/mol. The maximum absolute atomic E-state index is 11.1. The molecule has 160 valence electrons. The number of halogens is 1. The van der Waals surface area contributed by atoms with Crippen LogP contribution in [0.5, 0.6) is 0 Å². The molecule has 1 aromatic heterocycles. The highest BCUT2D eigenvalue weighted by Crippen LogP contribution is 2.26. The van der Waals surface area contributed by atoms with Gasteiger partial charge in [-0.25, -0.2) is 4.98 Å². The Hall–Kier alpha value is -2.58. The Labute approximate surface area is 180 Å². The van der Waals surface area contributed by atoms with Crippen LogP contribution in [0.2, 0.25) is 5.02 Å². The van der Waals surface area contributed by atoms with Crippen molar-refractivity contribution in [3.63, 3.8) is 0 Å². The second-order valence-electron chi connectivity index (χ2n) is 7.68. The summed E-state index contributed by atoms with van der Waals surface area (Å²) in [6.07, 6.45) is 5.26. The van der Waals surface area contributed by atoms with E-state index in [0.717, 1.165) is 43.9 Å². The minimum absolute atomic E-state index is 0.195. The van der Waals surface area contributed by atoms with Crippen molar-refractivity contribution < 1.29 is 14.6 Å². The van der Waals surface area contributed by atoms with E-state index in [1.807, 2.05) is 24.3 Å². The summed E-state index contributed by atoms with van der Waals surface area (Å²) in [6.45, 7) is 2.99. The smallest absolute Gasteiger partial charge is 0.306 e. The summed E-state index contributed by atoms with van der Waals surface area (Å²) >= 11 is 6.22. The van der Waals surface area contributed by atoms with E-state index < -0.39 is 5.97 Å². The van der Waals surface area contributed by atoms with Crippen LogP contribution in [0.1, 0.15) is 25.7 Å². The van der Waals surface area contributed by atoms with Crippen molar-refractivity contribution in [1.29, 1.82) is 0 Å². The van der Waals surface area contributed by atoms with E-state index in [2.05, 4.69) is 25.5 Å². The van der Waals surface area contributed by atoms with Crippen LogP contribution in [0.3, 0.4) is 0 Å². The molecule has 2 aromatic rings. The molecule has 2 aliphatic rings. The number of ether oxygens (including phenoxy) is 1. The minimum atomic E-state index is -0.693. The van der Waals surface area contributed by atoms with Crippen LogP contribution in [-0.2, 0) is 9.53 Å². The van der Waals surface area contributed by atoms with Gasteiger partial charge in [-0.1, -0.05) is 11.6 Å². The van der Waals surface area contributed by atoms with Gasteiger partial charge in [0.2, 0.25) is 5.95 Å². The first-order chi connectivity index (χ1) is 14.6. The zero-order valence-corrected chi connectivity index (χ0v) is 17.4. The lowest BCUT2D eigenvalue weighted by Crippen LogP contribution is -2.36. The number of aliphatic carboxylic acids is 1. The van der Waals surface area contributed by atoms with Gasteiger partial charge in [-0.3, -0.25) is 4.79 Å². The van der Waals surface area contributed by atoms with Crippen LogP contribution in [-0.4, -0.2) is 53.4 Å². The number of nitrogens with one attached hydrogen (secondary N) is 2. The summed E-state index contributed by atoms with van der Waals surface area (Å²) in [5.41, 5.74) is 1.95. The number of anilines is 4. The summed E-state index contributed by atoms with van der Waals surface area (Å²) in [7, 11) is 0. The summed E-state index contributed by atoms with van der Waals surface area (Å²) in [5.74, 6) is 0.126. The van der Waals surface area contributed by atoms with E-state index in [9.17, 15) is 4.79 Å². The highest BCUT2D eigenvalue weighted by molar-refractivity contribution is 6.32. The van der Waals surface area contributed by atoms with Gasteiger partial charge in [0.1, 0.15) is 5.02 Å². The van der Waals surface area contributed by atoms with Crippen molar-refractivity contribution in [3.8, 4) is 0 Å². The van der Waals surface area contributed by atoms with E-state index in [1.165, 1.54) is 0 Å². The van der Waals surface area contributed by atoms with Crippen LogP contribution in [0.4, 0.5) is 23.1 Å². The SMILES string of the molecule is O=C(O)C1CCN(c2ccc(Nc3ncc(Cl)c(NC[C@H]4CCCO4)n3)cc2)CC1. The first-order valence-electron chi connectivity index (χ1n) is 10.3. The molecule has 1 aromatic carbocycles. The maximum Gasteiger partial charge on any atom is 0.306 e. The lowest BCUT2D eigenvalue weighted by molar-refractivity contribution is -0.142.